The minimum atomic E-state index is 0.509. The Bertz CT molecular complexity index is 507. The Morgan fingerprint density at radius 2 is 2.05 bits per heavy atom. The normalized spacial score (nSPS) is 12.6. The first-order valence-electron chi connectivity index (χ1n) is 6.53. The van der Waals surface area contributed by atoms with Crippen LogP contribution in [0.1, 0.15) is 18.4 Å². The molecular weight excluding hydrogens is 254 g/mol. The molecule has 0 fully saturated rings. The van der Waals surface area contributed by atoms with Crippen molar-refractivity contribution in [3.63, 3.8) is 0 Å². The fourth-order valence-electron chi connectivity index (χ4n) is 2.13. The fourth-order valence-corrected chi connectivity index (χ4v) is 2.75. The van der Waals surface area contributed by atoms with E-state index in [0.29, 0.717) is 6.04 Å². The van der Waals surface area contributed by atoms with Crippen molar-refractivity contribution < 1.29 is 0 Å². The molecule has 1 aromatic heterocycles. The van der Waals surface area contributed by atoms with E-state index in [1.807, 2.05) is 30.9 Å². The summed E-state index contributed by atoms with van der Waals surface area (Å²) in [5.41, 5.74) is 2.38. The summed E-state index contributed by atoms with van der Waals surface area (Å²) < 4.78 is 2.21. The highest BCUT2D eigenvalue weighted by Gasteiger charge is 2.09. The number of hydrogen-bond acceptors (Lipinski definition) is 3. The molecular formula is C15H21N3S. The van der Waals surface area contributed by atoms with Crippen LogP contribution in [0.5, 0.6) is 0 Å². The molecule has 0 bridgehead atoms. The van der Waals surface area contributed by atoms with Crippen molar-refractivity contribution in [2.75, 3.05) is 12.0 Å². The summed E-state index contributed by atoms with van der Waals surface area (Å²) in [6, 6.07) is 10.9. The molecule has 1 unspecified atom stereocenters. The zero-order valence-corrected chi connectivity index (χ0v) is 12.6. The second-order valence-electron chi connectivity index (χ2n) is 4.70. The van der Waals surface area contributed by atoms with Gasteiger partial charge >= 0.3 is 0 Å². The zero-order valence-electron chi connectivity index (χ0n) is 11.8. The minimum Gasteiger partial charge on any atom is -0.308 e. The Labute approximate surface area is 119 Å². The van der Waals surface area contributed by atoms with E-state index in [1.165, 1.54) is 11.4 Å². The minimum absolute atomic E-state index is 0.509. The van der Waals surface area contributed by atoms with Crippen molar-refractivity contribution in [2.45, 2.75) is 26.4 Å². The van der Waals surface area contributed by atoms with Crippen LogP contribution < -0.4 is 5.32 Å². The average molecular weight is 275 g/mol. The molecule has 19 heavy (non-hydrogen) atoms. The van der Waals surface area contributed by atoms with Gasteiger partial charge in [-0.1, -0.05) is 18.2 Å². The number of aryl methyl sites for hydroxylation is 1. The van der Waals surface area contributed by atoms with Crippen molar-refractivity contribution in [3.8, 4) is 5.69 Å². The van der Waals surface area contributed by atoms with Gasteiger partial charge in [0.1, 0.15) is 5.82 Å². The van der Waals surface area contributed by atoms with Crippen molar-refractivity contribution in [3.05, 3.63) is 48.0 Å². The Balaban J connectivity index is 2.14. The molecule has 4 heteroatoms. The van der Waals surface area contributed by atoms with E-state index < -0.39 is 0 Å². The maximum absolute atomic E-state index is 4.43. The highest BCUT2D eigenvalue weighted by atomic mass is 32.2. The third-order valence-corrected chi connectivity index (χ3v) is 3.91. The van der Waals surface area contributed by atoms with Gasteiger partial charge < -0.3 is 5.32 Å². The highest BCUT2D eigenvalue weighted by Crippen LogP contribution is 2.14. The number of hydrogen-bond donors (Lipinski definition) is 1. The Hall–Kier alpha value is -1.26. The number of imidazole rings is 1. The summed E-state index contributed by atoms with van der Waals surface area (Å²) in [5.74, 6) is 2.15. The summed E-state index contributed by atoms with van der Waals surface area (Å²) in [6.45, 7) is 5.10. The maximum atomic E-state index is 4.43. The van der Waals surface area contributed by atoms with Gasteiger partial charge in [-0.05, 0) is 32.2 Å². The van der Waals surface area contributed by atoms with Gasteiger partial charge in [-0.3, -0.25) is 4.57 Å². The van der Waals surface area contributed by atoms with Crippen LogP contribution >= 0.6 is 11.8 Å². The molecule has 0 aliphatic rings. The molecule has 0 spiro atoms. The second kappa shape index (κ2) is 6.78. The van der Waals surface area contributed by atoms with Crippen LogP contribution in [0.2, 0.25) is 0 Å². The molecule has 1 aromatic carbocycles. The van der Waals surface area contributed by atoms with Gasteiger partial charge in [0.15, 0.2) is 0 Å². The lowest BCUT2D eigenvalue weighted by molar-refractivity contribution is 0.582. The highest BCUT2D eigenvalue weighted by molar-refractivity contribution is 7.98. The van der Waals surface area contributed by atoms with E-state index in [4.69, 9.17) is 0 Å². The number of benzene rings is 1. The lowest BCUT2D eigenvalue weighted by atomic mass is 10.3. The summed E-state index contributed by atoms with van der Waals surface area (Å²) in [7, 11) is 0. The smallest absolute Gasteiger partial charge is 0.110 e. The first kappa shape index (κ1) is 14.2. The van der Waals surface area contributed by atoms with Gasteiger partial charge in [0.2, 0.25) is 0 Å². The number of rotatable bonds is 6. The number of nitrogens with one attached hydrogen (secondary N) is 1. The van der Waals surface area contributed by atoms with Crippen LogP contribution in [-0.2, 0) is 6.54 Å². The molecule has 0 amide bonds. The van der Waals surface area contributed by atoms with Crippen molar-refractivity contribution in [1.29, 1.82) is 0 Å². The molecule has 2 rings (SSSR count). The molecule has 0 aliphatic carbocycles. The SMILES string of the molecule is CSCC(C)NCc1cnc(C)n1-c1ccccc1. The van der Waals surface area contributed by atoms with Crippen LogP contribution in [0.15, 0.2) is 36.5 Å². The Morgan fingerprint density at radius 1 is 1.32 bits per heavy atom. The molecule has 3 nitrogen and oxygen atoms in total. The van der Waals surface area contributed by atoms with Crippen molar-refractivity contribution in [2.24, 2.45) is 0 Å². The van der Waals surface area contributed by atoms with E-state index in [-0.39, 0.29) is 0 Å². The molecule has 102 valence electrons. The van der Waals surface area contributed by atoms with Crippen LogP contribution in [-0.4, -0.2) is 27.6 Å². The van der Waals surface area contributed by atoms with E-state index in [0.717, 1.165) is 18.1 Å². The van der Waals surface area contributed by atoms with E-state index in [9.17, 15) is 0 Å². The maximum Gasteiger partial charge on any atom is 0.110 e. The van der Waals surface area contributed by atoms with Crippen molar-refractivity contribution >= 4 is 11.8 Å². The standard InChI is InChI=1S/C15H21N3S/c1-12(11-19-3)16-9-15-10-17-13(2)18(15)14-7-5-4-6-8-14/h4-8,10,12,16H,9,11H2,1-3H3. The van der Waals surface area contributed by atoms with Crippen LogP contribution in [0.25, 0.3) is 5.69 Å². The summed E-state index contributed by atoms with van der Waals surface area (Å²) in [4.78, 5) is 4.43. The van der Waals surface area contributed by atoms with Gasteiger partial charge in [0.05, 0.1) is 11.9 Å². The summed E-state index contributed by atoms with van der Waals surface area (Å²) in [6.07, 6.45) is 4.09. The predicted octanol–water partition coefficient (Wildman–Crippen LogP) is 3.02. The van der Waals surface area contributed by atoms with Crippen LogP contribution in [0, 0.1) is 6.92 Å². The lowest BCUT2D eigenvalue weighted by Gasteiger charge is -2.14. The monoisotopic (exact) mass is 275 g/mol. The number of nitrogens with zero attached hydrogens (tertiary/aromatic N) is 2. The third-order valence-electron chi connectivity index (χ3n) is 3.07. The molecule has 0 radical (unpaired) electrons. The van der Waals surface area contributed by atoms with Crippen molar-refractivity contribution in [1.82, 2.24) is 14.9 Å². The largest absolute Gasteiger partial charge is 0.308 e. The first-order chi connectivity index (χ1) is 9.22. The zero-order chi connectivity index (χ0) is 13.7. The van der Waals surface area contributed by atoms with Gasteiger partial charge in [0.25, 0.3) is 0 Å². The lowest BCUT2D eigenvalue weighted by Crippen LogP contribution is -2.28. The second-order valence-corrected chi connectivity index (χ2v) is 5.62. The van der Waals surface area contributed by atoms with E-state index >= 15 is 0 Å². The fraction of sp³-hybridized carbons (Fsp3) is 0.400. The van der Waals surface area contributed by atoms with E-state index in [1.54, 1.807) is 0 Å². The molecule has 0 saturated heterocycles. The predicted molar refractivity (Wildman–Crippen MR) is 83.0 cm³/mol. The first-order valence-corrected chi connectivity index (χ1v) is 7.92. The number of aromatic nitrogens is 2. The molecule has 0 saturated carbocycles. The summed E-state index contributed by atoms with van der Waals surface area (Å²) in [5, 5.41) is 3.54. The third kappa shape index (κ3) is 3.61. The topological polar surface area (TPSA) is 29.9 Å². The average Bonchev–Trinajstić information content (AvgIpc) is 2.79. The van der Waals surface area contributed by atoms with Gasteiger partial charge in [-0.2, -0.15) is 11.8 Å². The van der Waals surface area contributed by atoms with E-state index in [2.05, 4.69) is 52.3 Å². The molecule has 1 atom stereocenters. The van der Waals surface area contributed by atoms with Gasteiger partial charge in [-0.25, -0.2) is 4.98 Å². The van der Waals surface area contributed by atoms with Crippen LogP contribution in [0.4, 0.5) is 0 Å². The Morgan fingerprint density at radius 3 is 2.74 bits per heavy atom. The summed E-state index contributed by atoms with van der Waals surface area (Å²) >= 11 is 1.87. The Kier molecular flexibility index (Phi) is 5.05. The van der Waals surface area contributed by atoms with Gasteiger partial charge in [0, 0.05) is 24.0 Å². The number of para-hydroxylation sites is 1. The molecule has 2 aromatic rings. The quantitative estimate of drug-likeness (QED) is 0.879. The molecule has 1 N–H and O–H groups in total. The van der Waals surface area contributed by atoms with Gasteiger partial charge in [-0.15, -0.1) is 0 Å². The molecule has 1 heterocycles. The number of thioether (sulfide) groups is 1. The van der Waals surface area contributed by atoms with Crippen LogP contribution in [0.3, 0.4) is 0 Å². The molecule has 0 aliphatic heterocycles.